The van der Waals surface area contributed by atoms with Gasteiger partial charge in [-0.2, -0.15) is 0 Å². The van der Waals surface area contributed by atoms with Crippen molar-refractivity contribution in [2.45, 2.75) is 26.1 Å². The first-order chi connectivity index (χ1) is 14.2. The van der Waals surface area contributed by atoms with E-state index in [0.717, 1.165) is 57.6 Å². The van der Waals surface area contributed by atoms with Gasteiger partial charge < -0.3 is 20.3 Å². The van der Waals surface area contributed by atoms with Crippen LogP contribution in [0.5, 0.6) is 0 Å². The molecular weight excluding hydrogens is 511 g/mol. The monoisotopic (exact) mass is 542 g/mol. The summed E-state index contributed by atoms with van der Waals surface area (Å²) in [5, 5.41) is 3.11. The summed E-state index contributed by atoms with van der Waals surface area (Å²) >= 11 is 1.68. The number of hydrogen-bond donors (Lipinski definition) is 1. The normalized spacial score (nSPS) is 20.8. The number of rotatable bonds is 5. The Morgan fingerprint density at radius 1 is 1.23 bits per heavy atom. The van der Waals surface area contributed by atoms with E-state index in [0.29, 0.717) is 18.6 Å². The molecule has 1 aromatic carbocycles. The third-order valence-corrected chi connectivity index (χ3v) is 6.27. The summed E-state index contributed by atoms with van der Waals surface area (Å²) in [6.45, 7) is 10.1. The van der Waals surface area contributed by atoms with Gasteiger partial charge in [0.25, 0.3) is 0 Å². The molecule has 164 valence electrons. The molecule has 2 aliphatic rings. The van der Waals surface area contributed by atoms with E-state index >= 15 is 0 Å². The Morgan fingerprint density at radius 3 is 2.77 bits per heavy atom. The third-order valence-electron chi connectivity index (χ3n) is 5.44. The maximum absolute atomic E-state index is 6.29. The van der Waals surface area contributed by atoms with Gasteiger partial charge in [-0.05, 0) is 18.1 Å². The number of hydrogen-bond acceptors (Lipinski definition) is 6. The second-order valence-electron chi connectivity index (χ2n) is 7.70. The maximum Gasteiger partial charge on any atom is 0.191 e. The molecule has 1 aromatic heterocycles. The molecule has 2 aliphatic heterocycles. The largest absolute Gasteiger partial charge is 0.376 e. The van der Waals surface area contributed by atoms with Gasteiger partial charge in [0.15, 0.2) is 11.1 Å². The summed E-state index contributed by atoms with van der Waals surface area (Å²) in [6.07, 6.45) is 2.17. The zero-order valence-electron chi connectivity index (χ0n) is 17.4. The summed E-state index contributed by atoms with van der Waals surface area (Å²) in [5.41, 5.74) is 8.81. The molecule has 1 unspecified atom stereocenters. The zero-order valence-corrected chi connectivity index (χ0v) is 20.6. The van der Waals surface area contributed by atoms with Crippen LogP contribution in [-0.2, 0) is 17.8 Å². The van der Waals surface area contributed by atoms with Crippen molar-refractivity contribution in [1.82, 2.24) is 14.8 Å². The number of anilines is 1. The summed E-state index contributed by atoms with van der Waals surface area (Å²) in [7, 11) is 0. The fourth-order valence-electron chi connectivity index (χ4n) is 3.89. The first kappa shape index (κ1) is 23.2. The number of piperazine rings is 1. The van der Waals surface area contributed by atoms with Gasteiger partial charge in [0.1, 0.15) is 0 Å². The molecule has 2 aromatic rings. The van der Waals surface area contributed by atoms with Gasteiger partial charge in [-0.1, -0.05) is 24.3 Å². The SMILES string of the molecule is CC1CN(Cc2cccc(CN=C(N)N3CCN(c4nccs4)CC3)c2)CCO1.I. The lowest BCUT2D eigenvalue weighted by molar-refractivity contribution is -0.0212. The minimum Gasteiger partial charge on any atom is -0.376 e. The van der Waals surface area contributed by atoms with Crippen molar-refractivity contribution in [2.24, 2.45) is 10.7 Å². The Hall–Kier alpha value is -1.43. The van der Waals surface area contributed by atoms with E-state index in [1.165, 1.54) is 11.1 Å². The number of nitrogens with zero attached hydrogens (tertiary/aromatic N) is 5. The van der Waals surface area contributed by atoms with Gasteiger partial charge in [0.05, 0.1) is 19.3 Å². The van der Waals surface area contributed by atoms with Gasteiger partial charge >= 0.3 is 0 Å². The molecule has 0 bridgehead atoms. The summed E-state index contributed by atoms with van der Waals surface area (Å²) in [5.74, 6) is 0.635. The summed E-state index contributed by atoms with van der Waals surface area (Å²) in [4.78, 5) is 16.0. The van der Waals surface area contributed by atoms with Gasteiger partial charge in [-0.25, -0.2) is 9.98 Å². The van der Waals surface area contributed by atoms with Crippen molar-refractivity contribution < 1.29 is 4.74 Å². The highest BCUT2D eigenvalue weighted by atomic mass is 127. The van der Waals surface area contributed by atoms with Gasteiger partial charge in [0.2, 0.25) is 0 Å². The van der Waals surface area contributed by atoms with Crippen LogP contribution in [0.15, 0.2) is 40.8 Å². The van der Waals surface area contributed by atoms with Crippen LogP contribution in [0.2, 0.25) is 0 Å². The van der Waals surface area contributed by atoms with E-state index in [2.05, 4.69) is 55.9 Å². The highest BCUT2D eigenvalue weighted by molar-refractivity contribution is 14.0. The second kappa shape index (κ2) is 11.3. The van der Waals surface area contributed by atoms with Crippen LogP contribution >= 0.6 is 35.3 Å². The smallest absolute Gasteiger partial charge is 0.191 e. The van der Waals surface area contributed by atoms with Crippen LogP contribution in [0.25, 0.3) is 0 Å². The molecule has 2 N–H and O–H groups in total. The molecule has 0 saturated carbocycles. The molecule has 3 heterocycles. The molecule has 0 amide bonds. The molecule has 2 saturated heterocycles. The summed E-state index contributed by atoms with van der Waals surface area (Å²) in [6, 6.07) is 8.68. The van der Waals surface area contributed by atoms with Gasteiger partial charge in [0, 0.05) is 57.4 Å². The first-order valence-corrected chi connectivity index (χ1v) is 11.2. The van der Waals surface area contributed by atoms with Crippen molar-refractivity contribution in [2.75, 3.05) is 50.8 Å². The molecular formula is C21H31IN6OS. The van der Waals surface area contributed by atoms with Crippen LogP contribution in [0.1, 0.15) is 18.1 Å². The molecule has 7 nitrogen and oxygen atoms in total. The molecule has 0 radical (unpaired) electrons. The van der Waals surface area contributed by atoms with Crippen LogP contribution < -0.4 is 10.6 Å². The lowest BCUT2D eigenvalue weighted by atomic mass is 10.1. The Labute approximate surface area is 199 Å². The number of ether oxygens (including phenoxy) is 1. The second-order valence-corrected chi connectivity index (χ2v) is 8.57. The summed E-state index contributed by atoms with van der Waals surface area (Å²) < 4.78 is 5.64. The molecule has 1 atom stereocenters. The number of guanidine groups is 1. The van der Waals surface area contributed by atoms with E-state index in [4.69, 9.17) is 10.5 Å². The minimum absolute atomic E-state index is 0. The van der Waals surface area contributed by atoms with Crippen molar-refractivity contribution in [3.8, 4) is 0 Å². The highest BCUT2D eigenvalue weighted by Crippen LogP contribution is 2.19. The predicted molar refractivity (Wildman–Crippen MR) is 134 cm³/mol. The van der Waals surface area contributed by atoms with Crippen molar-refractivity contribution in [1.29, 1.82) is 0 Å². The quantitative estimate of drug-likeness (QED) is 0.356. The first-order valence-electron chi connectivity index (χ1n) is 10.3. The molecule has 2 fully saturated rings. The average Bonchev–Trinajstić information content (AvgIpc) is 3.27. The van der Waals surface area contributed by atoms with Crippen LogP contribution in [0.3, 0.4) is 0 Å². The molecule has 0 aliphatic carbocycles. The lowest BCUT2D eigenvalue weighted by Crippen LogP contribution is -2.51. The van der Waals surface area contributed by atoms with Crippen molar-refractivity contribution >= 4 is 46.4 Å². The predicted octanol–water partition coefficient (Wildman–Crippen LogP) is 2.62. The highest BCUT2D eigenvalue weighted by Gasteiger charge is 2.20. The molecule has 30 heavy (non-hydrogen) atoms. The van der Waals surface area contributed by atoms with E-state index < -0.39 is 0 Å². The molecule has 9 heteroatoms. The standard InChI is InChI=1S/C21H30N6OS.HI/c1-17-15-25(10-11-28-17)16-19-4-2-3-18(13-19)14-24-20(22)26-6-8-27(9-7-26)21-23-5-12-29-21;/h2-5,12-13,17H,6-11,14-16H2,1H3,(H2,22,24);1H. The molecule has 4 rings (SSSR count). The number of thiazole rings is 1. The number of morpholine rings is 1. The number of aromatic nitrogens is 1. The van der Waals surface area contributed by atoms with Crippen LogP contribution in [-0.4, -0.2) is 72.7 Å². The number of nitrogens with two attached hydrogens (primary N) is 1. The number of halogens is 1. The lowest BCUT2D eigenvalue weighted by Gasteiger charge is -2.35. The van der Waals surface area contributed by atoms with E-state index in [-0.39, 0.29) is 24.0 Å². The van der Waals surface area contributed by atoms with Crippen LogP contribution in [0.4, 0.5) is 5.13 Å². The van der Waals surface area contributed by atoms with Crippen LogP contribution in [0, 0.1) is 0 Å². The fourth-order valence-corrected chi connectivity index (χ4v) is 4.59. The van der Waals surface area contributed by atoms with E-state index in [1.54, 1.807) is 11.3 Å². The third kappa shape index (κ3) is 6.29. The minimum atomic E-state index is 0. The fraction of sp³-hybridized carbons (Fsp3) is 0.524. The van der Waals surface area contributed by atoms with Crippen molar-refractivity contribution in [3.63, 3.8) is 0 Å². The Bertz CT molecular complexity index is 810. The molecule has 0 spiro atoms. The number of benzene rings is 1. The van der Waals surface area contributed by atoms with E-state index in [1.807, 2.05) is 11.6 Å². The van der Waals surface area contributed by atoms with Crippen molar-refractivity contribution in [3.05, 3.63) is 47.0 Å². The Kier molecular flexibility index (Phi) is 8.72. The topological polar surface area (TPSA) is 70.2 Å². The maximum atomic E-state index is 6.29. The van der Waals surface area contributed by atoms with Gasteiger partial charge in [-0.15, -0.1) is 35.3 Å². The van der Waals surface area contributed by atoms with E-state index in [9.17, 15) is 0 Å². The zero-order chi connectivity index (χ0) is 20.1. The Morgan fingerprint density at radius 2 is 2.03 bits per heavy atom. The van der Waals surface area contributed by atoms with Gasteiger partial charge in [-0.3, -0.25) is 4.90 Å². The number of aliphatic imine (C=N–C) groups is 1. The Balaban J connectivity index is 0.00000256. The average molecular weight is 542 g/mol.